The van der Waals surface area contributed by atoms with Gasteiger partial charge in [0.2, 0.25) is 0 Å². The van der Waals surface area contributed by atoms with Gasteiger partial charge in [0.05, 0.1) is 19.8 Å². The zero-order valence-electron chi connectivity index (χ0n) is 8.71. The molecule has 1 N–H and O–H groups in total. The minimum atomic E-state index is -0.855. The molecule has 3 nitrogen and oxygen atoms in total. The summed E-state index contributed by atoms with van der Waals surface area (Å²) in [6, 6.07) is 2.74. The first-order chi connectivity index (χ1) is 7.10. The molecule has 1 saturated carbocycles. The first-order valence-corrected chi connectivity index (χ1v) is 4.75. The standard InChI is InChI=1S/C11H13FO3/c1-14-9-6-8(12)10(15-2)5-7(9)11(13)3-4-11/h5-6,13H,3-4H2,1-2H3. The number of ether oxygens (including phenoxy) is 2. The minimum absolute atomic E-state index is 0.131. The van der Waals surface area contributed by atoms with Gasteiger partial charge < -0.3 is 14.6 Å². The van der Waals surface area contributed by atoms with Crippen molar-refractivity contribution in [3.63, 3.8) is 0 Å². The van der Waals surface area contributed by atoms with E-state index in [2.05, 4.69) is 0 Å². The molecule has 2 rings (SSSR count). The Labute approximate surface area is 87.4 Å². The van der Waals surface area contributed by atoms with E-state index in [9.17, 15) is 9.50 Å². The quantitative estimate of drug-likeness (QED) is 0.830. The van der Waals surface area contributed by atoms with Crippen molar-refractivity contribution in [1.29, 1.82) is 0 Å². The molecule has 0 amide bonds. The maximum absolute atomic E-state index is 13.3. The number of methoxy groups -OCH3 is 2. The van der Waals surface area contributed by atoms with Crippen molar-refractivity contribution in [3.05, 3.63) is 23.5 Å². The molecule has 1 aliphatic rings. The van der Waals surface area contributed by atoms with Crippen LogP contribution in [0.2, 0.25) is 0 Å². The molecule has 0 heterocycles. The summed E-state index contributed by atoms with van der Waals surface area (Å²) in [4.78, 5) is 0. The Morgan fingerprint density at radius 2 is 1.80 bits per heavy atom. The van der Waals surface area contributed by atoms with Gasteiger partial charge in [0, 0.05) is 11.6 Å². The molecule has 0 saturated heterocycles. The van der Waals surface area contributed by atoms with Crippen molar-refractivity contribution in [2.75, 3.05) is 14.2 Å². The lowest BCUT2D eigenvalue weighted by Crippen LogP contribution is -2.08. The molecule has 4 heteroatoms. The van der Waals surface area contributed by atoms with Crippen molar-refractivity contribution < 1.29 is 19.0 Å². The molecular formula is C11H13FO3. The van der Waals surface area contributed by atoms with Crippen LogP contribution in [0.15, 0.2) is 12.1 Å². The van der Waals surface area contributed by atoms with Gasteiger partial charge in [-0.1, -0.05) is 0 Å². The van der Waals surface area contributed by atoms with E-state index in [-0.39, 0.29) is 5.75 Å². The van der Waals surface area contributed by atoms with E-state index in [4.69, 9.17) is 9.47 Å². The zero-order chi connectivity index (χ0) is 11.1. The normalized spacial score (nSPS) is 17.3. The van der Waals surface area contributed by atoms with Crippen molar-refractivity contribution in [2.45, 2.75) is 18.4 Å². The maximum Gasteiger partial charge on any atom is 0.168 e. The summed E-state index contributed by atoms with van der Waals surface area (Å²) in [7, 11) is 2.85. The fourth-order valence-electron chi connectivity index (χ4n) is 1.61. The zero-order valence-corrected chi connectivity index (χ0v) is 8.71. The number of halogens is 1. The van der Waals surface area contributed by atoms with Crippen LogP contribution in [0.3, 0.4) is 0 Å². The molecular weight excluding hydrogens is 199 g/mol. The average Bonchev–Trinajstić information content (AvgIpc) is 2.97. The molecule has 1 aliphatic carbocycles. The fraction of sp³-hybridized carbons (Fsp3) is 0.455. The van der Waals surface area contributed by atoms with Crippen LogP contribution in [0.4, 0.5) is 4.39 Å². The summed E-state index contributed by atoms with van der Waals surface area (Å²) in [5, 5.41) is 9.96. The van der Waals surface area contributed by atoms with Crippen molar-refractivity contribution in [3.8, 4) is 11.5 Å². The monoisotopic (exact) mass is 212 g/mol. The highest BCUT2D eigenvalue weighted by Gasteiger charge is 2.44. The van der Waals surface area contributed by atoms with Crippen LogP contribution in [0.5, 0.6) is 11.5 Å². The Morgan fingerprint density at radius 3 is 2.27 bits per heavy atom. The summed E-state index contributed by atoms with van der Waals surface area (Å²) in [5.74, 6) is 0.0155. The van der Waals surface area contributed by atoms with Gasteiger partial charge >= 0.3 is 0 Å². The first-order valence-electron chi connectivity index (χ1n) is 4.75. The summed E-state index contributed by atoms with van der Waals surface area (Å²) in [5.41, 5.74) is -0.255. The van der Waals surface area contributed by atoms with Gasteiger partial charge in [0.1, 0.15) is 5.75 Å². The summed E-state index contributed by atoms with van der Waals surface area (Å²) in [6.07, 6.45) is 1.36. The number of rotatable bonds is 3. The van der Waals surface area contributed by atoms with Crippen molar-refractivity contribution in [1.82, 2.24) is 0 Å². The minimum Gasteiger partial charge on any atom is -0.496 e. The summed E-state index contributed by atoms with van der Waals surface area (Å²) < 4.78 is 23.2. The van der Waals surface area contributed by atoms with Gasteiger partial charge in [0.25, 0.3) is 0 Å². The maximum atomic E-state index is 13.3. The van der Waals surface area contributed by atoms with E-state index < -0.39 is 11.4 Å². The summed E-state index contributed by atoms with van der Waals surface area (Å²) >= 11 is 0. The predicted molar refractivity (Wildman–Crippen MR) is 52.6 cm³/mol. The largest absolute Gasteiger partial charge is 0.496 e. The molecule has 15 heavy (non-hydrogen) atoms. The van der Waals surface area contributed by atoms with Crippen molar-refractivity contribution in [2.24, 2.45) is 0 Å². The topological polar surface area (TPSA) is 38.7 Å². The highest BCUT2D eigenvalue weighted by molar-refractivity contribution is 5.46. The second-order valence-electron chi connectivity index (χ2n) is 3.72. The smallest absolute Gasteiger partial charge is 0.168 e. The molecule has 0 spiro atoms. The predicted octanol–water partition coefficient (Wildman–Crippen LogP) is 1.82. The van der Waals surface area contributed by atoms with Gasteiger partial charge in [-0.25, -0.2) is 4.39 Å². The molecule has 1 fully saturated rings. The molecule has 0 atom stereocenters. The SMILES string of the molecule is COc1cc(C2(O)CC2)c(OC)cc1F. The van der Waals surface area contributed by atoms with Crippen LogP contribution in [0, 0.1) is 5.82 Å². The van der Waals surface area contributed by atoms with E-state index >= 15 is 0 Å². The molecule has 0 aliphatic heterocycles. The summed E-state index contributed by atoms with van der Waals surface area (Å²) in [6.45, 7) is 0. The average molecular weight is 212 g/mol. The Morgan fingerprint density at radius 1 is 1.20 bits per heavy atom. The first kappa shape index (κ1) is 10.2. The van der Waals surface area contributed by atoms with Gasteiger partial charge in [-0.3, -0.25) is 0 Å². The second kappa shape index (κ2) is 3.38. The van der Waals surface area contributed by atoms with E-state index in [1.54, 1.807) is 0 Å². The lowest BCUT2D eigenvalue weighted by Gasteiger charge is -2.15. The molecule has 82 valence electrons. The Bertz CT molecular complexity index is 386. The van der Waals surface area contributed by atoms with Crippen LogP contribution in [-0.2, 0) is 5.60 Å². The molecule has 1 aromatic rings. The Balaban J connectivity index is 2.51. The lowest BCUT2D eigenvalue weighted by molar-refractivity contribution is 0.146. The second-order valence-corrected chi connectivity index (χ2v) is 3.72. The molecule has 0 bridgehead atoms. The Hall–Kier alpha value is -1.29. The fourth-order valence-corrected chi connectivity index (χ4v) is 1.61. The molecule has 0 unspecified atom stereocenters. The lowest BCUT2D eigenvalue weighted by atomic mass is 10.1. The molecule has 1 aromatic carbocycles. The van der Waals surface area contributed by atoms with Gasteiger partial charge in [-0.2, -0.15) is 0 Å². The number of hydrogen-bond acceptors (Lipinski definition) is 3. The van der Waals surface area contributed by atoms with Crippen LogP contribution >= 0.6 is 0 Å². The molecule has 0 aromatic heterocycles. The third-order valence-corrected chi connectivity index (χ3v) is 2.70. The van der Waals surface area contributed by atoms with Gasteiger partial charge in [-0.05, 0) is 18.9 Å². The van der Waals surface area contributed by atoms with Crippen molar-refractivity contribution >= 4 is 0 Å². The van der Waals surface area contributed by atoms with Gasteiger partial charge in [-0.15, -0.1) is 0 Å². The van der Waals surface area contributed by atoms with E-state index in [0.29, 0.717) is 24.2 Å². The highest BCUT2D eigenvalue weighted by atomic mass is 19.1. The number of benzene rings is 1. The van der Waals surface area contributed by atoms with E-state index in [1.165, 1.54) is 26.4 Å². The number of aliphatic hydroxyl groups is 1. The van der Waals surface area contributed by atoms with Crippen LogP contribution < -0.4 is 9.47 Å². The van der Waals surface area contributed by atoms with Gasteiger partial charge in [0.15, 0.2) is 11.6 Å². The highest BCUT2D eigenvalue weighted by Crippen LogP contribution is 2.50. The van der Waals surface area contributed by atoms with Crippen LogP contribution in [-0.4, -0.2) is 19.3 Å². The van der Waals surface area contributed by atoms with Crippen LogP contribution in [0.25, 0.3) is 0 Å². The van der Waals surface area contributed by atoms with E-state index in [0.717, 1.165) is 0 Å². The number of hydrogen-bond donors (Lipinski definition) is 1. The van der Waals surface area contributed by atoms with Crippen LogP contribution in [0.1, 0.15) is 18.4 Å². The Kier molecular flexibility index (Phi) is 2.31. The third kappa shape index (κ3) is 1.65. The van der Waals surface area contributed by atoms with E-state index in [1.807, 2.05) is 0 Å². The third-order valence-electron chi connectivity index (χ3n) is 2.70. The molecule has 0 radical (unpaired) electrons.